The van der Waals surface area contributed by atoms with Gasteiger partial charge in [-0.3, -0.25) is 0 Å². The number of methoxy groups -OCH3 is 2. The summed E-state index contributed by atoms with van der Waals surface area (Å²) in [5, 5.41) is 11.2. The van der Waals surface area contributed by atoms with Gasteiger partial charge < -0.3 is 52.1 Å². The summed E-state index contributed by atoms with van der Waals surface area (Å²) in [5.41, 5.74) is 2.47. The van der Waals surface area contributed by atoms with Crippen molar-refractivity contribution in [2.75, 3.05) is 20.8 Å². The fourth-order valence-electron chi connectivity index (χ4n) is 7.57. The number of ether oxygens (including phenoxy) is 8. The minimum atomic E-state index is -3.55. The minimum Gasteiger partial charge on any atom is -0.480 e. The Morgan fingerprint density at radius 3 is 1.58 bits per heavy atom. The van der Waals surface area contributed by atoms with Crippen LogP contribution in [0.4, 0.5) is 0 Å². The van der Waals surface area contributed by atoms with Gasteiger partial charge in [0.15, 0.2) is 24.0 Å². The lowest BCUT2D eigenvalue weighted by Crippen LogP contribution is -2.31. The summed E-state index contributed by atoms with van der Waals surface area (Å²) in [7, 11) is 4.71. The Labute approximate surface area is 334 Å². The van der Waals surface area contributed by atoms with E-state index in [-0.39, 0.29) is 48.3 Å². The fourth-order valence-corrected chi connectivity index (χ4v) is 8.34. The van der Waals surface area contributed by atoms with E-state index in [1.165, 1.54) is 24.8 Å². The maximum absolute atomic E-state index is 10.7. The third-order valence-corrected chi connectivity index (χ3v) is 11.4. The number of fused-ring (bicyclic) bond motifs is 4. The van der Waals surface area contributed by atoms with Gasteiger partial charge in [-0.25, -0.2) is 28.4 Å². The number of halogens is 1. The van der Waals surface area contributed by atoms with Gasteiger partial charge in [0.1, 0.15) is 54.5 Å². The molecule has 9 rings (SSSR count). The molecule has 1 aromatic carbocycles. The van der Waals surface area contributed by atoms with Crippen molar-refractivity contribution < 1.29 is 51.4 Å². The molecular weight excluding hydrogens is 784 g/mol. The number of aryl methyl sites for hydroxylation is 1. The predicted molar refractivity (Wildman–Crippen MR) is 205 cm³/mol. The molecule has 0 radical (unpaired) electrons. The molecule has 4 aromatic heterocycles. The first kappa shape index (κ1) is 41.2. The van der Waals surface area contributed by atoms with Crippen LogP contribution in [-0.2, 0) is 37.5 Å². The van der Waals surface area contributed by atoms with E-state index in [0.717, 1.165) is 28.4 Å². The Hall–Kier alpha value is -3.98. The zero-order valence-electron chi connectivity index (χ0n) is 32.8. The number of aromatic nitrogens is 6. The van der Waals surface area contributed by atoms with Crippen molar-refractivity contribution in [2.24, 2.45) is 0 Å². The zero-order chi connectivity index (χ0) is 40.9. The van der Waals surface area contributed by atoms with Crippen molar-refractivity contribution in [3.63, 3.8) is 0 Å². The van der Waals surface area contributed by atoms with Crippen molar-refractivity contribution >= 4 is 41.8 Å². The van der Waals surface area contributed by atoms with E-state index in [9.17, 15) is 13.5 Å². The van der Waals surface area contributed by atoms with Gasteiger partial charge in [0.2, 0.25) is 11.8 Å². The molecule has 4 aliphatic heterocycles. The number of hydrogen-bond acceptors (Lipinski definition) is 15. The first-order valence-corrected chi connectivity index (χ1v) is 20.7. The highest BCUT2D eigenvalue weighted by Gasteiger charge is 2.57. The van der Waals surface area contributed by atoms with Gasteiger partial charge in [-0.15, -0.1) is 0 Å². The number of nitrogens with zero attached hydrogens (tertiary/aromatic N) is 6. The van der Waals surface area contributed by atoms with Crippen molar-refractivity contribution in [1.82, 2.24) is 29.1 Å². The van der Waals surface area contributed by atoms with E-state index >= 15 is 0 Å². The second kappa shape index (κ2) is 16.0. The molecule has 0 aliphatic carbocycles. The molecule has 8 heterocycles. The third-order valence-electron chi connectivity index (χ3n) is 10.0. The predicted octanol–water partition coefficient (Wildman–Crippen LogP) is 5.04. The summed E-state index contributed by atoms with van der Waals surface area (Å²) in [5.74, 6) is -0.244. The molecule has 0 spiro atoms. The second-order valence-electron chi connectivity index (χ2n) is 14.8. The van der Waals surface area contributed by atoms with Crippen molar-refractivity contribution in [3.05, 3.63) is 67.0 Å². The monoisotopic (exact) mass is 830 g/mol. The third kappa shape index (κ3) is 8.20. The van der Waals surface area contributed by atoms with Crippen LogP contribution in [0, 0.1) is 6.92 Å². The van der Waals surface area contributed by atoms with Gasteiger partial charge in [0.05, 0.1) is 42.6 Å². The minimum absolute atomic E-state index is 0.00737. The van der Waals surface area contributed by atoms with Crippen LogP contribution in [-0.4, -0.2) is 112 Å². The van der Waals surface area contributed by atoms with Crippen LogP contribution in [0.5, 0.6) is 11.8 Å². The Morgan fingerprint density at radius 2 is 1.16 bits per heavy atom. The Morgan fingerprint density at radius 1 is 0.719 bits per heavy atom. The molecule has 57 heavy (non-hydrogen) atoms. The molecule has 4 aliphatic rings. The van der Waals surface area contributed by atoms with Gasteiger partial charge in [-0.2, -0.15) is 0 Å². The van der Waals surface area contributed by atoms with E-state index in [0.29, 0.717) is 17.4 Å². The van der Waals surface area contributed by atoms with Crippen LogP contribution in [0.1, 0.15) is 59.1 Å². The number of rotatable bonds is 7. The maximum atomic E-state index is 10.7. The Balaban J connectivity index is 0.000000139. The SMILES string of the molecule is CC[C@H]1O[C@@H](n2ccc3c(OC)ncnc32)[C@@H]2OC(C)(C)O[C@@H]21.COc1ncnc2c1ccn2[C@@H]1O[C@H](CO)[C@H]2OC(C)(C)O[C@H]21.Cc1ccc(S(=O)(=O)Cl)cc1. The summed E-state index contributed by atoms with van der Waals surface area (Å²) < 4.78 is 72.0. The summed E-state index contributed by atoms with van der Waals surface area (Å²) >= 11 is 0. The first-order chi connectivity index (χ1) is 27.1. The number of aliphatic hydroxyl groups excluding tert-OH is 1. The number of hydrogen-bond donors (Lipinski definition) is 1. The summed E-state index contributed by atoms with van der Waals surface area (Å²) in [6.45, 7) is 11.4. The van der Waals surface area contributed by atoms with Gasteiger partial charge in [0.25, 0.3) is 9.05 Å². The second-order valence-corrected chi connectivity index (χ2v) is 17.4. The Bertz CT molecular complexity index is 2180. The molecule has 19 heteroatoms. The van der Waals surface area contributed by atoms with E-state index in [2.05, 4.69) is 26.9 Å². The van der Waals surface area contributed by atoms with Crippen LogP contribution >= 0.6 is 10.7 Å². The van der Waals surface area contributed by atoms with Gasteiger partial charge in [0, 0.05) is 23.1 Å². The van der Waals surface area contributed by atoms with Crippen LogP contribution in [0.3, 0.4) is 0 Å². The van der Waals surface area contributed by atoms with Gasteiger partial charge in [-0.1, -0.05) is 24.6 Å². The topological polar surface area (TPSA) is 190 Å². The van der Waals surface area contributed by atoms with E-state index < -0.39 is 33.0 Å². The lowest BCUT2D eigenvalue weighted by Gasteiger charge is -2.24. The standard InChI is InChI=1S/C16H21N3O4.C15H19N3O5.C7H7ClO2S/c1-5-10-11-12(23-16(2,3)22-11)15(21-10)19-7-6-9-13(19)17-8-18-14(9)20-4;1-15(2)22-10-9(6-19)21-14(11(10)23-15)18-5-4-8-12(18)16-7-17-13(8)20-3;1-6-2-4-7(5-3-6)11(8,9)10/h6-8,10-12,15H,5H2,1-4H3;4-5,7,9-11,14,19H,6H2,1-3H3;2-5H,1H3/t10-,11-,12-,15-;9-,10-,11-,14-;/m11./s1. The largest absolute Gasteiger partial charge is 0.480 e. The lowest BCUT2D eigenvalue weighted by atomic mass is 10.1. The fraction of sp³-hybridized carbons (Fsp3) is 0.526. The molecule has 4 saturated heterocycles. The highest BCUT2D eigenvalue weighted by Crippen LogP contribution is 2.46. The Kier molecular flexibility index (Phi) is 11.6. The number of benzene rings is 1. The summed E-state index contributed by atoms with van der Waals surface area (Å²) in [6.07, 6.45) is 5.61. The molecule has 5 aromatic rings. The molecule has 4 fully saturated rings. The quantitative estimate of drug-likeness (QED) is 0.215. The van der Waals surface area contributed by atoms with Crippen molar-refractivity contribution in [1.29, 1.82) is 0 Å². The smallest absolute Gasteiger partial charge is 0.261 e. The first-order valence-electron chi connectivity index (χ1n) is 18.4. The molecule has 0 unspecified atom stereocenters. The zero-order valence-corrected chi connectivity index (χ0v) is 34.4. The molecule has 308 valence electrons. The van der Waals surface area contributed by atoms with Gasteiger partial charge >= 0.3 is 0 Å². The molecule has 0 saturated carbocycles. The van der Waals surface area contributed by atoms with Crippen LogP contribution in [0.15, 0.2) is 66.3 Å². The summed E-state index contributed by atoms with van der Waals surface area (Å²) in [4.78, 5) is 17.1. The van der Waals surface area contributed by atoms with Crippen LogP contribution < -0.4 is 9.47 Å². The van der Waals surface area contributed by atoms with Crippen molar-refractivity contribution in [3.8, 4) is 11.8 Å². The van der Waals surface area contributed by atoms with Crippen molar-refractivity contribution in [2.45, 2.75) is 114 Å². The molecule has 0 bridgehead atoms. The van der Waals surface area contributed by atoms with Gasteiger partial charge in [-0.05, 0) is 65.3 Å². The highest BCUT2D eigenvalue weighted by atomic mass is 35.7. The maximum Gasteiger partial charge on any atom is 0.261 e. The number of aliphatic hydroxyl groups is 1. The van der Waals surface area contributed by atoms with E-state index in [4.69, 9.17) is 48.6 Å². The average Bonchev–Trinajstić information content (AvgIpc) is 4.02. The molecule has 8 atom stereocenters. The molecule has 0 amide bonds. The highest BCUT2D eigenvalue weighted by molar-refractivity contribution is 8.13. The molecule has 1 N–H and O–H groups in total. The van der Waals surface area contributed by atoms with Crippen LogP contribution in [0.2, 0.25) is 0 Å². The molecular formula is C38H47ClN6O11S. The van der Waals surface area contributed by atoms with E-state index in [1.807, 2.05) is 68.3 Å². The average molecular weight is 831 g/mol. The van der Waals surface area contributed by atoms with E-state index in [1.54, 1.807) is 26.4 Å². The summed E-state index contributed by atoms with van der Waals surface area (Å²) in [6, 6.07) is 10.2. The normalized spacial score (nSPS) is 28.3. The van der Waals surface area contributed by atoms with Crippen LogP contribution in [0.25, 0.3) is 22.1 Å². The lowest BCUT2D eigenvalue weighted by molar-refractivity contribution is -0.199. The molecule has 17 nitrogen and oxygen atoms in total.